The van der Waals surface area contributed by atoms with Crippen molar-refractivity contribution in [3.8, 4) is 0 Å². The van der Waals surface area contributed by atoms with E-state index in [2.05, 4.69) is 21.8 Å². The van der Waals surface area contributed by atoms with Gasteiger partial charge in [0.2, 0.25) is 0 Å². The summed E-state index contributed by atoms with van der Waals surface area (Å²) in [5.74, 6) is 2.08. The van der Waals surface area contributed by atoms with Crippen LogP contribution in [0.25, 0.3) is 0 Å². The standard InChI is InChI=1S/C16H25N3O2S/c1-2-3-22-16-17-6-11(7-18-16)8-19-9-12-4-14(20)15(21)5-13(12)10-19/h6-7,12-15,20-21H,2-5,8-10H2,1H3/t12-,13+,14-,15-/m0/s1. The number of aliphatic hydroxyl groups excluding tert-OH is 2. The Bertz CT molecular complexity index is 467. The van der Waals surface area contributed by atoms with Gasteiger partial charge in [-0.3, -0.25) is 4.90 Å². The molecular weight excluding hydrogens is 298 g/mol. The molecule has 2 N–H and O–H groups in total. The first-order valence-corrected chi connectivity index (χ1v) is 9.16. The predicted molar refractivity (Wildman–Crippen MR) is 86.6 cm³/mol. The first kappa shape index (κ1) is 16.2. The average molecular weight is 323 g/mol. The molecule has 5 nitrogen and oxygen atoms in total. The van der Waals surface area contributed by atoms with Gasteiger partial charge in [0.05, 0.1) is 12.2 Å². The molecule has 1 aromatic heterocycles. The lowest BCUT2D eigenvalue weighted by Gasteiger charge is -2.32. The van der Waals surface area contributed by atoms with Gasteiger partial charge in [-0.25, -0.2) is 9.97 Å². The first-order chi connectivity index (χ1) is 10.7. The SMILES string of the molecule is CCCSc1ncc(CN2C[C@H]3C[C@H](O)[C@@H](O)C[C@H]3C2)cn1. The van der Waals surface area contributed by atoms with E-state index in [4.69, 9.17) is 0 Å². The maximum absolute atomic E-state index is 9.81. The third-order valence-corrected chi connectivity index (χ3v) is 5.79. The number of hydrogen-bond donors (Lipinski definition) is 2. The van der Waals surface area contributed by atoms with Crippen LogP contribution in [0.2, 0.25) is 0 Å². The number of aliphatic hydroxyl groups is 2. The van der Waals surface area contributed by atoms with E-state index in [0.717, 1.165) is 55.4 Å². The summed E-state index contributed by atoms with van der Waals surface area (Å²) in [7, 11) is 0. The van der Waals surface area contributed by atoms with Crippen LogP contribution in [0.1, 0.15) is 31.7 Å². The van der Waals surface area contributed by atoms with Crippen LogP contribution in [-0.4, -0.2) is 56.1 Å². The largest absolute Gasteiger partial charge is 0.390 e. The molecule has 3 rings (SSSR count). The topological polar surface area (TPSA) is 69.5 Å². The van der Waals surface area contributed by atoms with Gasteiger partial charge in [0.15, 0.2) is 5.16 Å². The molecule has 22 heavy (non-hydrogen) atoms. The molecule has 1 saturated carbocycles. The molecule has 1 saturated heterocycles. The lowest BCUT2D eigenvalue weighted by Crippen LogP contribution is -2.38. The second-order valence-corrected chi connectivity index (χ2v) is 7.60. The van der Waals surface area contributed by atoms with E-state index in [9.17, 15) is 10.2 Å². The van der Waals surface area contributed by atoms with Gasteiger partial charge in [-0.1, -0.05) is 18.7 Å². The number of nitrogens with zero attached hydrogens (tertiary/aromatic N) is 3. The molecule has 4 atom stereocenters. The molecule has 2 heterocycles. The highest BCUT2D eigenvalue weighted by molar-refractivity contribution is 7.99. The number of fused-ring (bicyclic) bond motifs is 1. The maximum atomic E-state index is 9.81. The Morgan fingerprint density at radius 1 is 1.14 bits per heavy atom. The van der Waals surface area contributed by atoms with Crippen molar-refractivity contribution in [2.75, 3.05) is 18.8 Å². The van der Waals surface area contributed by atoms with Crippen LogP contribution in [0.4, 0.5) is 0 Å². The Balaban J connectivity index is 1.54. The number of hydrogen-bond acceptors (Lipinski definition) is 6. The van der Waals surface area contributed by atoms with Crippen molar-refractivity contribution in [1.29, 1.82) is 0 Å². The van der Waals surface area contributed by atoms with Crippen LogP contribution in [0, 0.1) is 11.8 Å². The molecule has 2 fully saturated rings. The number of rotatable bonds is 5. The Kier molecular flexibility index (Phi) is 5.33. The minimum Gasteiger partial charge on any atom is -0.390 e. The molecule has 6 heteroatoms. The summed E-state index contributed by atoms with van der Waals surface area (Å²) >= 11 is 1.70. The molecule has 0 radical (unpaired) electrons. The fraction of sp³-hybridized carbons (Fsp3) is 0.750. The Morgan fingerprint density at radius 2 is 1.73 bits per heavy atom. The molecule has 122 valence electrons. The molecule has 0 amide bonds. The monoisotopic (exact) mass is 323 g/mol. The summed E-state index contributed by atoms with van der Waals surface area (Å²) in [5, 5.41) is 20.5. The van der Waals surface area contributed by atoms with Crippen molar-refractivity contribution >= 4 is 11.8 Å². The van der Waals surface area contributed by atoms with Crippen LogP contribution in [-0.2, 0) is 6.54 Å². The molecule has 1 aromatic rings. The number of thioether (sulfide) groups is 1. The molecule has 2 aliphatic rings. The van der Waals surface area contributed by atoms with Crippen molar-refractivity contribution in [3.63, 3.8) is 0 Å². The van der Waals surface area contributed by atoms with E-state index in [0.29, 0.717) is 11.8 Å². The summed E-state index contributed by atoms with van der Waals surface area (Å²) in [6.07, 6.45) is 5.35. The Hall–Kier alpha value is -0.690. The average Bonchev–Trinajstić information content (AvgIpc) is 2.88. The van der Waals surface area contributed by atoms with E-state index in [1.165, 1.54) is 0 Å². The minimum absolute atomic E-state index is 0.513. The van der Waals surface area contributed by atoms with Gasteiger partial charge in [-0.2, -0.15) is 0 Å². The lowest BCUT2D eigenvalue weighted by atomic mass is 9.79. The second kappa shape index (κ2) is 7.25. The highest BCUT2D eigenvalue weighted by Crippen LogP contribution is 2.36. The lowest BCUT2D eigenvalue weighted by molar-refractivity contribution is -0.0372. The van der Waals surface area contributed by atoms with E-state index >= 15 is 0 Å². The van der Waals surface area contributed by atoms with Gasteiger partial charge in [0.1, 0.15) is 0 Å². The zero-order chi connectivity index (χ0) is 15.5. The molecule has 1 aliphatic heterocycles. The van der Waals surface area contributed by atoms with Crippen molar-refractivity contribution in [2.45, 2.75) is 50.1 Å². The summed E-state index contributed by atoms with van der Waals surface area (Å²) < 4.78 is 0. The summed E-state index contributed by atoms with van der Waals surface area (Å²) in [4.78, 5) is 11.2. The number of likely N-dealkylation sites (tertiary alicyclic amines) is 1. The van der Waals surface area contributed by atoms with Crippen LogP contribution in [0.5, 0.6) is 0 Å². The third-order valence-electron chi connectivity index (χ3n) is 4.71. The molecule has 0 spiro atoms. The molecule has 0 aromatic carbocycles. The molecular formula is C16H25N3O2S. The zero-order valence-corrected chi connectivity index (χ0v) is 13.9. The van der Waals surface area contributed by atoms with Gasteiger partial charge in [0, 0.05) is 43.3 Å². The first-order valence-electron chi connectivity index (χ1n) is 8.18. The quantitative estimate of drug-likeness (QED) is 0.633. The van der Waals surface area contributed by atoms with Crippen LogP contribution in [0.15, 0.2) is 17.6 Å². The smallest absolute Gasteiger partial charge is 0.187 e. The van der Waals surface area contributed by atoms with Crippen molar-refractivity contribution < 1.29 is 10.2 Å². The summed E-state index contributed by atoms with van der Waals surface area (Å²) in [5.41, 5.74) is 1.14. The van der Waals surface area contributed by atoms with Crippen LogP contribution in [0.3, 0.4) is 0 Å². The zero-order valence-electron chi connectivity index (χ0n) is 13.1. The Labute approximate surface area is 136 Å². The van der Waals surface area contributed by atoms with Crippen molar-refractivity contribution in [1.82, 2.24) is 14.9 Å². The van der Waals surface area contributed by atoms with Crippen LogP contribution >= 0.6 is 11.8 Å². The fourth-order valence-electron chi connectivity index (χ4n) is 3.58. The minimum atomic E-state index is -0.542. The van der Waals surface area contributed by atoms with Gasteiger partial charge in [-0.15, -0.1) is 0 Å². The van der Waals surface area contributed by atoms with E-state index < -0.39 is 12.2 Å². The number of aromatic nitrogens is 2. The van der Waals surface area contributed by atoms with E-state index in [-0.39, 0.29) is 0 Å². The van der Waals surface area contributed by atoms with Crippen LogP contribution < -0.4 is 0 Å². The summed E-state index contributed by atoms with van der Waals surface area (Å²) in [6, 6.07) is 0. The maximum Gasteiger partial charge on any atom is 0.187 e. The van der Waals surface area contributed by atoms with Gasteiger partial charge in [0.25, 0.3) is 0 Å². The molecule has 0 bridgehead atoms. The van der Waals surface area contributed by atoms with E-state index in [1.54, 1.807) is 11.8 Å². The highest BCUT2D eigenvalue weighted by Gasteiger charge is 2.40. The predicted octanol–water partition coefficient (Wildman–Crippen LogP) is 1.54. The van der Waals surface area contributed by atoms with Gasteiger partial charge < -0.3 is 10.2 Å². The summed E-state index contributed by atoms with van der Waals surface area (Å²) in [6.45, 7) is 5.02. The molecule has 1 aliphatic carbocycles. The third kappa shape index (κ3) is 3.79. The van der Waals surface area contributed by atoms with Crippen molar-refractivity contribution in [2.24, 2.45) is 11.8 Å². The Morgan fingerprint density at radius 3 is 2.27 bits per heavy atom. The highest BCUT2D eigenvalue weighted by atomic mass is 32.2. The fourth-order valence-corrected chi connectivity index (χ4v) is 4.23. The molecule has 0 unspecified atom stereocenters. The van der Waals surface area contributed by atoms with Crippen molar-refractivity contribution in [3.05, 3.63) is 18.0 Å². The van der Waals surface area contributed by atoms with E-state index in [1.807, 2.05) is 12.4 Å². The second-order valence-electron chi connectivity index (χ2n) is 6.54. The van der Waals surface area contributed by atoms with Gasteiger partial charge in [-0.05, 0) is 31.1 Å². The normalized spacial score (nSPS) is 32.1. The van der Waals surface area contributed by atoms with Gasteiger partial charge >= 0.3 is 0 Å².